The molecule has 1 amide bonds. The molecule has 1 aliphatic rings. The second-order valence-corrected chi connectivity index (χ2v) is 2.71. The predicted octanol–water partition coefficient (Wildman–Crippen LogP) is 0.248. The third-order valence-electron chi connectivity index (χ3n) is 1.83. The van der Waals surface area contributed by atoms with Crippen LogP contribution >= 0.6 is 12.4 Å². The van der Waals surface area contributed by atoms with Crippen LogP contribution in [0.2, 0.25) is 0 Å². The van der Waals surface area contributed by atoms with Gasteiger partial charge in [-0.15, -0.1) is 12.4 Å². The summed E-state index contributed by atoms with van der Waals surface area (Å²) in [5, 5.41) is 3.10. The molecule has 0 spiro atoms. The highest BCUT2D eigenvalue weighted by Gasteiger charge is 2.19. The van der Waals surface area contributed by atoms with Crippen LogP contribution in [-0.2, 0) is 4.79 Å². The molecule has 1 aliphatic heterocycles. The summed E-state index contributed by atoms with van der Waals surface area (Å²) in [6, 6.07) is 0.456. The van der Waals surface area contributed by atoms with E-state index in [4.69, 9.17) is 0 Å². The van der Waals surface area contributed by atoms with Crippen molar-refractivity contribution in [3.8, 4) is 0 Å². The highest BCUT2D eigenvalue weighted by Crippen LogP contribution is 1.98. The van der Waals surface area contributed by atoms with E-state index in [2.05, 4.69) is 12.2 Å². The molecule has 0 radical (unpaired) electrons. The monoisotopic (exact) mass is 178 g/mol. The summed E-state index contributed by atoms with van der Waals surface area (Å²) < 4.78 is 0. The van der Waals surface area contributed by atoms with Crippen molar-refractivity contribution < 1.29 is 4.79 Å². The van der Waals surface area contributed by atoms with E-state index in [-0.39, 0.29) is 18.3 Å². The van der Waals surface area contributed by atoms with Gasteiger partial charge in [0.2, 0.25) is 5.91 Å². The molecule has 66 valence electrons. The van der Waals surface area contributed by atoms with Crippen molar-refractivity contribution in [2.75, 3.05) is 19.6 Å². The van der Waals surface area contributed by atoms with Crippen molar-refractivity contribution in [2.24, 2.45) is 0 Å². The van der Waals surface area contributed by atoms with Crippen LogP contribution in [0.15, 0.2) is 0 Å². The minimum atomic E-state index is 0. The molecule has 1 N–H and O–H groups in total. The summed E-state index contributed by atoms with van der Waals surface area (Å²) in [4.78, 5) is 12.9. The third kappa shape index (κ3) is 2.67. The molecule has 0 aliphatic carbocycles. The first-order valence-corrected chi connectivity index (χ1v) is 3.75. The largest absolute Gasteiger partial charge is 0.340 e. The lowest BCUT2D eigenvalue weighted by atomic mass is 10.2. The molecule has 0 bridgehead atoms. The summed E-state index contributed by atoms with van der Waals surface area (Å²) in [6.45, 7) is 6.31. The molecule has 0 saturated carbocycles. The molecule has 1 fully saturated rings. The van der Waals surface area contributed by atoms with Gasteiger partial charge in [0.05, 0.1) is 6.54 Å². The van der Waals surface area contributed by atoms with Gasteiger partial charge in [-0.3, -0.25) is 4.79 Å². The van der Waals surface area contributed by atoms with Crippen LogP contribution in [0.3, 0.4) is 0 Å². The van der Waals surface area contributed by atoms with Crippen molar-refractivity contribution in [1.82, 2.24) is 10.2 Å². The van der Waals surface area contributed by atoms with Crippen LogP contribution in [0.1, 0.15) is 13.8 Å². The first kappa shape index (κ1) is 10.7. The van der Waals surface area contributed by atoms with E-state index in [0.29, 0.717) is 12.6 Å². The van der Waals surface area contributed by atoms with Gasteiger partial charge in [0.25, 0.3) is 0 Å². The van der Waals surface area contributed by atoms with E-state index in [1.54, 1.807) is 0 Å². The smallest absolute Gasteiger partial charge is 0.236 e. The highest BCUT2D eigenvalue weighted by atomic mass is 35.5. The number of carbonyl (C=O) groups is 1. The van der Waals surface area contributed by atoms with Gasteiger partial charge in [-0.1, -0.05) is 0 Å². The van der Waals surface area contributed by atoms with Crippen molar-refractivity contribution in [3.63, 3.8) is 0 Å². The van der Waals surface area contributed by atoms with Gasteiger partial charge in [-0.25, -0.2) is 0 Å². The summed E-state index contributed by atoms with van der Waals surface area (Å²) >= 11 is 0. The summed E-state index contributed by atoms with van der Waals surface area (Å²) in [5.74, 6) is 0.223. The molecular formula is C7H15ClN2O. The number of nitrogens with one attached hydrogen (secondary N) is 1. The van der Waals surface area contributed by atoms with Crippen LogP contribution in [0.25, 0.3) is 0 Å². The first-order chi connectivity index (χ1) is 4.74. The van der Waals surface area contributed by atoms with Gasteiger partial charge in [0.15, 0.2) is 0 Å². The van der Waals surface area contributed by atoms with E-state index in [1.807, 2.05) is 11.8 Å². The quantitative estimate of drug-likeness (QED) is 0.625. The number of amides is 1. The van der Waals surface area contributed by atoms with Gasteiger partial charge >= 0.3 is 0 Å². The number of halogens is 1. The van der Waals surface area contributed by atoms with E-state index in [1.165, 1.54) is 0 Å². The van der Waals surface area contributed by atoms with Gasteiger partial charge in [0.1, 0.15) is 0 Å². The lowest BCUT2D eigenvalue weighted by Crippen LogP contribution is -2.52. The van der Waals surface area contributed by atoms with Crippen molar-refractivity contribution in [2.45, 2.75) is 19.9 Å². The topological polar surface area (TPSA) is 32.3 Å². The van der Waals surface area contributed by atoms with Crippen molar-refractivity contribution >= 4 is 18.3 Å². The lowest BCUT2D eigenvalue weighted by Gasteiger charge is -2.30. The lowest BCUT2D eigenvalue weighted by molar-refractivity contribution is -0.132. The van der Waals surface area contributed by atoms with Gasteiger partial charge in [-0.05, 0) is 13.8 Å². The van der Waals surface area contributed by atoms with Crippen LogP contribution in [-0.4, -0.2) is 36.5 Å². The fourth-order valence-electron chi connectivity index (χ4n) is 1.18. The Balaban J connectivity index is 0.000001000. The minimum absolute atomic E-state index is 0. The maximum atomic E-state index is 11.0. The number of likely N-dealkylation sites (N-methyl/N-ethyl adjacent to an activating group) is 1. The molecule has 0 aromatic rings. The van der Waals surface area contributed by atoms with Crippen LogP contribution in [0, 0.1) is 0 Å². The number of rotatable bonds is 1. The molecular weight excluding hydrogens is 164 g/mol. The number of piperazine rings is 1. The zero-order valence-corrected chi connectivity index (χ0v) is 7.78. The standard InChI is InChI=1S/C7H14N2O.ClH/c1-3-9-5-6(2)8-4-7(9)10;/h6,8H,3-5H2,1-2H3;1H/t6-;/m0./s1. The third-order valence-corrected chi connectivity index (χ3v) is 1.83. The Labute approximate surface area is 73.5 Å². The number of hydrogen-bond acceptors (Lipinski definition) is 2. The number of hydrogen-bond donors (Lipinski definition) is 1. The predicted molar refractivity (Wildman–Crippen MR) is 47.0 cm³/mol. The summed E-state index contributed by atoms with van der Waals surface area (Å²) in [6.07, 6.45) is 0. The zero-order valence-electron chi connectivity index (χ0n) is 6.96. The molecule has 0 unspecified atom stereocenters. The first-order valence-electron chi connectivity index (χ1n) is 3.75. The molecule has 0 aromatic heterocycles. The van der Waals surface area contributed by atoms with E-state index >= 15 is 0 Å². The summed E-state index contributed by atoms with van der Waals surface area (Å²) in [5.41, 5.74) is 0. The van der Waals surface area contributed by atoms with Crippen LogP contribution < -0.4 is 5.32 Å². The van der Waals surface area contributed by atoms with Crippen molar-refractivity contribution in [3.05, 3.63) is 0 Å². The Kier molecular flexibility index (Phi) is 4.45. The molecule has 3 nitrogen and oxygen atoms in total. The fraction of sp³-hybridized carbons (Fsp3) is 0.857. The van der Waals surface area contributed by atoms with Crippen LogP contribution in [0.4, 0.5) is 0 Å². The molecule has 1 saturated heterocycles. The molecule has 1 rings (SSSR count). The Morgan fingerprint density at radius 2 is 2.36 bits per heavy atom. The van der Waals surface area contributed by atoms with E-state index in [9.17, 15) is 4.79 Å². The second kappa shape index (κ2) is 4.57. The average molecular weight is 179 g/mol. The van der Waals surface area contributed by atoms with Gasteiger partial charge < -0.3 is 10.2 Å². The molecule has 1 heterocycles. The SMILES string of the molecule is CCN1C[C@H](C)NCC1=O.Cl. The fourth-order valence-corrected chi connectivity index (χ4v) is 1.18. The Morgan fingerprint density at radius 1 is 1.73 bits per heavy atom. The second-order valence-electron chi connectivity index (χ2n) is 2.71. The highest BCUT2D eigenvalue weighted by molar-refractivity contribution is 5.85. The summed E-state index contributed by atoms with van der Waals surface area (Å²) in [7, 11) is 0. The van der Waals surface area contributed by atoms with E-state index < -0.39 is 0 Å². The maximum Gasteiger partial charge on any atom is 0.236 e. The number of nitrogens with zero attached hydrogens (tertiary/aromatic N) is 1. The Morgan fingerprint density at radius 3 is 2.82 bits per heavy atom. The normalized spacial score (nSPS) is 24.7. The molecule has 4 heteroatoms. The average Bonchev–Trinajstić information content (AvgIpc) is 1.94. The molecule has 1 atom stereocenters. The molecule has 11 heavy (non-hydrogen) atoms. The molecule has 0 aromatic carbocycles. The van der Waals surface area contributed by atoms with Gasteiger partial charge in [-0.2, -0.15) is 0 Å². The number of carbonyl (C=O) groups excluding carboxylic acids is 1. The maximum absolute atomic E-state index is 11.0. The zero-order chi connectivity index (χ0) is 7.56. The van der Waals surface area contributed by atoms with Crippen molar-refractivity contribution in [1.29, 1.82) is 0 Å². The van der Waals surface area contributed by atoms with E-state index in [0.717, 1.165) is 13.1 Å². The Bertz CT molecular complexity index is 140. The van der Waals surface area contributed by atoms with Gasteiger partial charge in [0, 0.05) is 19.1 Å². The van der Waals surface area contributed by atoms with Crippen LogP contribution in [0.5, 0.6) is 0 Å². The Hall–Kier alpha value is -0.280. The minimum Gasteiger partial charge on any atom is -0.340 e.